The van der Waals surface area contributed by atoms with Crippen molar-refractivity contribution >= 4 is 34.0 Å². The van der Waals surface area contributed by atoms with E-state index in [1.54, 1.807) is 24.5 Å². The van der Waals surface area contributed by atoms with E-state index in [0.717, 1.165) is 35.5 Å². The molecule has 0 unspecified atom stereocenters. The van der Waals surface area contributed by atoms with Crippen LogP contribution in [0, 0.1) is 5.41 Å². The van der Waals surface area contributed by atoms with Gasteiger partial charge in [-0.3, -0.25) is 19.9 Å². The third-order valence-corrected chi connectivity index (χ3v) is 5.68. The third kappa shape index (κ3) is 4.41. The number of fused-ring (bicyclic) bond motifs is 1. The molecule has 3 heterocycles. The van der Waals surface area contributed by atoms with E-state index in [1.807, 2.05) is 22.4 Å². The second-order valence-corrected chi connectivity index (χ2v) is 9.46. The van der Waals surface area contributed by atoms with Gasteiger partial charge >= 0.3 is 0 Å². The molecule has 0 atom stereocenters. The first-order chi connectivity index (χ1) is 14.3. The summed E-state index contributed by atoms with van der Waals surface area (Å²) in [6.45, 7) is 6.97. The molecular formula is C23H24N4O2S. The van der Waals surface area contributed by atoms with Crippen LogP contribution >= 0.6 is 11.3 Å². The highest BCUT2D eigenvalue weighted by Gasteiger charge is 2.28. The van der Waals surface area contributed by atoms with E-state index in [9.17, 15) is 9.59 Å². The predicted molar refractivity (Wildman–Crippen MR) is 120 cm³/mol. The van der Waals surface area contributed by atoms with Gasteiger partial charge in [-0.15, -0.1) is 11.3 Å². The molecule has 0 aliphatic carbocycles. The van der Waals surface area contributed by atoms with Crippen molar-refractivity contribution in [1.82, 2.24) is 9.97 Å². The van der Waals surface area contributed by atoms with E-state index < -0.39 is 0 Å². The number of thiazole rings is 1. The number of carbonyl (C=O) groups is 2. The maximum Gasteiger partial charge on any atom is 0.257 e. The highest BCUT2D eigenvalue weighted by Crippen LogP contribution is 2.35. The second-order valence-electron chi connectivity index (χ2n) is 8.60. The van der Waals surface area contributed by atoms with Gasteiger partial charge in [-0.1, -0.05) is 26.8 Å². The normalized spacial score (nSPS) is 13.2. The number of amides is 2. The minimum Gasteiger partial charge on any atom is -0.312 e. The molecule has 0 bridgehead atoms. The van der Waals surface area contributed by atoms with E-state index in [4.69, 9.17) is 0 Å². The van der Waals surface area contributed by atoms with Gasteiger partial charge in [0.1, 0.15) is 0 Å². The molecule has 0 radical (unpaired) electrons. The SMILES string of the molecule is CC(C)(C)CC(=O)N1CCc2cc(-c3csc(NC(=O)c4ccncc4)n3)ccc21. The predicted octanol–water partition coefficient (Wildman–Crippen LogP) is 4.78. The molecule has 1 aliphatic rings. The van der Waals surface area contributed by atoms with Crippen LogP contribution in [0.15, 0.2) is 48.1 Å². The van der Waals surface area contributed by atoms with Crippen molar-refractivity contribution in [3.63, 3.8) is 0 Å². The smallest absolute Gasteiger partial charge is 0.257 e. The minimum atomic E-state index is -0.208. The third-order valence-electron chi connectivity index (χ3n) is 4.92. The van der Waals surface area contributed by atoms with Crippen LogP contribution in [0.5, 0.6) is 0 Å². The Bertz CT molecular complexity index is 1090. The van der Waals surface area contributed by atoms with Gasteiger partial charge in [-0.05, 0) is 41.7 Å². The van der Waals surface area contributed by atoms with E-state index in [1.165, 1.54) is 11.3 Å². The summed E-state index contributed by atoms with van der Waals surface area (Å²) >= 11 is 1.39. The van der Waals surface area contributed by atoms with E-state index in [-0.39, 0.29) is 17.2 Å². The maximum atomic E-state index is 12.7. The number of nitrogens with zero attached hydrogens (tertiary/aromatic N) is 3. The van der Waals surface area contributed by atoms with Gasteiger partial charge in [0.25, 0.3) is 5.91 Å². The van der Waals surface area contributed by atoms with Crippen molar-refractivity contribution < 1.29 is 9.59 Å². The molecule has 0 saturated heterocycles. The summed E-state index contributed by atoms with van der Waals surface area (Å²) in [4.78, 5) is 35.4. The number of rotatable bonds is 4. The van der Waals surface area contributed by atoms with E-state index in [2.05, 4.69) is 42.1 Å². The summed E-state index contributed by atoms with van der Waals surface area (Å²) in [6, 6.07) is 9.43. The Balaban J connectivity index is 1.49. The topological polar surface area (TPSA) is 75.2 Å². The number of aromatic nitrogens is 2. The molecule has 2 aromatic heterocycles. The first-order valence-electron chi connectivity index (χ1n) is 9.91. The zero-order valence-corrected chi connectivity index (χ0v) is 18.1. The van der Waals surface area contributed by atoms with Crippen LogP contribution in [0.4, 0.5) is 10.8 Å². The quantitative estimate of drug-likeness (QED) is 0.659. The van der Waals surface area contributed by atoms with Crippen LogP contribution < -0.4 is 10.2 Å². The van der Waals surface area contributed by atoms with E-state index in [0.29, 0.717) is 17.1 Å². The number of benzene rings is 1. The molecule has 30 heavy (non-hydrogen) atoms. The fraction of sp³-hybridized carbons (Fsp3) is 0.304. The van der Waals surface area contributed by atoms with Gasteiger partial charge < -0.3 is 4.90 Å². The molecule has 1 aromatic carbocycles. The Morgan fingerprint density at radius 3 is 2.67 bits per heavy atom. The van der Waals surface area contributed by atoms with Gasteiger partial charge in [0.05, 0.1) is 5.69 Å². The zero-order valence-electron chi connectivity index (χ0n) is 17.3. The van der Waals surface area contributed by atoms with Crippen LogP contribution in [0.1, 0.15) is 43.1 Å². The highest BCUT2D eigenvalue weighted by molar-refractivity contribution is 7.14. The molecule has 0 fully saturated rings. The number of anilines is 2. The van der Waals surface area contributed by atoms with Crippen LogP contribution in [0.3, 0.4) is 0 Å². The highest BCUT2D eigenvalue weighted by atomic mass is 32.1. The van der Waals surface area contributed by atoms with Crippen LogP contribution in [-0.2, 0) is 11.2 Å². The monoisotopic (exact) mass is 420 g/mol. The fourth-order valence-corrected chi connectivity index (χ4v) is 4.22. The molecule has 1 aliphatic heterocycles. The molecule has 0 saturated carbocycles. The zero-order chi connectivity index (χ0) is 21.3. The lowest BCUT2D eigenvalue weighted by atomic mass is 9.91. The first-order valence-corrected chi connectivity index (χ1v) is 10.8. The van der Waals surface area contributed by atoms with Gasteiger partial charge in [0, 0.05) is 47.6 Å². The number of nitrogens with one attached hydrogen (secondary N) is 1. The molecule has 3 aromatic rings. The van der Waals surface area contributed by atoms with Gasteiger partial charge in [-0.25, -0.2) is 4.98 Å². The summed E-state index contributed by atoms with van der Waals surface area (Å²) in [7, 11) is 0. The Hall–Kier alpha value is -3.06. The van der Waals surface area contributed by atoms with Crippen molar-refractivity contribution in [3.05, 3.63) is 59.2 Å². The summed E-state index contributed by atoms with van der Waals surface area (Å²) in [6.07, 6.45) is 4.54. The van der Waals surface area contributed by atoms with Crippen molar-refractivity contribution in [2.45, 2.75) is 33.6 Å². The average Bonchev–Trinajstić information content (AvgIpc) is 3.33. The standard InChI is InChI=1S/C23H24N4O2S/c1-23(2,3)13-20(28)27-11-8-17-12-16(4-5-19(17)27)18-14-30-22(25-18)26-21(29)15-6-9-24-10-7-15/h4-7,9-10,12,14H,8,11,13H2,1-3H3,(H,25,26,29). The summed E-state index contributed by atoms with van der Waals surface area (Å²) in [5.74, 6) is -0.0379. The maximum absolute atomic E-state index is 12.7. The molecule has 154 valence electrons. The molecule has 7 heteroatoms. The van der Waals surface area contributed by atoms with Gasteiger partial charge in [0.2, 0.25) is 5.91 Å². The van der Waals surface area contributed by atoms with Crippen LogP contribution in [0.25, 0.3) is 11.3 Å². The Labute approximate surface area is 180 Å². The molecule has 2 amide bonds. The summed E-state index contributed by atoms with van der Waals surface area (Å²) in [5, 5.41) is 5.31. The molecule has 1 N–H and O–H groups in total. The van der Waals surface area contributed by atoms with Crippen LogP contribution in [-0.4, -0.2) is 28.3 Å². The van der Waals surface area contributed by atoms with Crippen molar-refractivity contribution in [2.24, 2.45) is 5.41 Å². The number of hydrogen-bond acceptors (Lipinski definition) is 5. The number of carbonyl (C=O) groups excluding carboxylic acids is 2. The first kappa shape index (κ1) is 20.2. The lowest BCUT2D eigenvalue weighted by Gasteiger charge is -2.23. The van der Waals surface area contributed by atoms with Gasteiger partial charge in [0.15, 0.2) is 5.13 Å². The van der Waals surface area contributed by atoms with Crippen molar-refractivity contribution in [1.29, 1.82) is 0 Å². The molecule has 6 nitrogen and oxygen atoms in total. The Morgan fingerprint density at radius 2 is 1.93 bits per heavy atom. The van der Waals surface area contributed by atoms with Crippen molar-refractivity contribution in [3.8, 4) is 11.3 Å². The largest absolute Gasteiger partial charge is 0.312 e. The van der Waals surface area contributed by atoms with Gasteiger partial charge in [-0.2, -0.15) is 0 Å². The summed E-state index contributed by atoms with van der Waals surface area (Å²) in [5.41, 5.74) is 4.46. The Kier molecular flexibility index (Phi) is 5.39. The Morgan fingerprint density at radius 1 is 1.17 bits per heavy atom. The fourth-order valence-electron chi connectivity index (χ4n) is 3.51. The summed E-state index contributed by atoms with van der Waals surface area (Å²) < 4.78 is 0. The lowest BCUT2D eigenvalue weighted by molar-refractivity contribution is -0.120. The molecule has 0 spiro atoms. The van der Waals surface area contributed by atoms with Crippen molar-refractivity contribution in [2.75, 3.05) is 16.8 Å². The molecule has 4 rings (SSSR count). The van der Waals surface area contributed by atoms with Crippen LogP contribution in [0.2, 0.25) is 0 Å². The number of pyridine rings is 1. The van der Waals surface area contributed by atoms with E-state index >= 15 is 0 Å². The molecular weight excluding hydrogens is 396 g/mol. The second kappa shape index (κ2) is 7.99. The number of hydrogen-bond donors (Lipinski definition) is 1. The minimum absolute atomic E-state index is 0.0303. The average molecular weight is 421 g/mol. The lowest BCUT2D eigenvalue weighted by Crippen LogP contribution is -2.31.